The highest BCUT2D eigenvalue weighted by molar-refractivity contribution is 8.26. The molecule has 2 amide bonds. The Morgan fingerprint density at radius 2 is 1.86 bits per heavy atom. The zero-order chi connectivity index (χ0) is 26.5. The van der Waals surface area contributed by atoms with Gasteiger partial charge < -0.3 is 23.8 Å². The van der Waals surface area contributed by atoms with Crippen molar-refractivity contribution in [1.82, 2.24) is 14.4 Å². The van der Waals surface area contributed by atoms with Gasteiger partial charge in [-0.3, -0.25) is 14.5 Å². The summed E-state index contributed by atoms with van der Waals surface area (Å²) >= 11 is 6.70. The molecular formula is C26H32N4O5S2. The molecule has 0 spiro atoms. The van der Waals surface area contributed by atoms with Gasteiger partial charge in [-0.2, -0.15) is 0 Å². The molecule has 1 aromatic carbocycles. The minimum Gasteiger partial charge on any atom is -0.450 e. The first-order valence-electron chi connectivity index (χ1n) is 12.5. The number of carbonyl (C=O) groups excluding carboxylic acids is 2. The van der Waals surface area contributed by atoms with Crippen molar-refractivity contribution in [3.8, 4) is 0 Å². The van der Waals surface area contributed by atoms with E-state index in [1.807, 2.05) is 31.2 Å². The van der Waals surface area contributed by atoms with Gasteiger partial charge in [-0.05, 0) is 32.4 Å². The number of aromatic nitrogens is 1. The maximum Gasteiger partial charge on any atom is 0.409 e. The highest BCUT2D eigenvalue weighted by Gasteiger charge is 2.33. The van der Waals surface area contributed by atoms with E-state index >= 15 is 0 Å². The third-order valence-electron chi connectivity index (χ3n) is 6.50. The molecule has 1 aromatic heterocycles. The van der Waals surface area contributed by atoms with E-state index < -0.39 is 0 Å². The monoisotopic (exact) mass is 544 g/mol. The van der Waals surface area contributed by atoms with Gasteiger partial charge in [0.05, 0.1) is 28.3 Å². The van der Waals surface area contributed by atoms with Crippen molar-refractivity contribution in [2.24, 2.45) is 0 Å². The predicted molar refractivity (Wildman–Crippen MR) is 151 cm³/mol. The molecule has 2 fully saturated rings. The number of pyridine rings is 1. The Hall–Kier alpha value is -2.89. The van der Waals surface area contributed by atoms with Crippen LogP contribution in [0.25, 0.3) is 17.0 Å². The van der Waals surface area contributed by atoms with Crippen LogP contribution in [0, 0.1) is 0 Å². The van der Waals surface area contributed by atoms with Crippen molar-refractivity contribution in [3.63, 3.8) is 0 Å². The number of methoxy groups -OCH3 is 1. The van der Waals surface area contributed by atoms with Gasteiger partial charge in [-0.15, -0.1) is 0 Å². The van der Waals surface area contributed by atoms with E-state index in [9.17, 15) is 14.4 Å². The molecule has 2 aliphatic rings. The van der Waals surface area contributed by atoms with Crippen LogP contribution in [-0.4, -0.2) is 83.7 Å². The Morgan fingerprint density at radius 1 is 1.14 bits per heavy atom. The number of nitrogens with zero attached hydrogens (tertiary/aromatic N) is 4. The second-order valence-electron chi connectivity index (χ2n) is 8.68. The van der Waals surface area contributed by atoms with E-state index in [-0.39, 0.29) is 17.6 Å². The summed E-state index contributed by atoms with van der Waals surface area (Å²) in [6.07, 6.45) is 2.04. The molecule has 0 saturated carbocycles. The summed E-state index contributed by atoms with van der Waals surface area (Å²) < 4.78 is 12.5. The molecule has 2 aliphatic heterocycles. The zero-order valence-electron chi connectivity index (χ0n) is 21.4. The maximum absolute atomic E-state index is 13.8. The first-order valence-corrected chi connectivity index (χ1v) is 13.7. The van der Waals surface area contributed by atoms with Gasteiger partial charge in [0.15, 0.2) is 0 Å². The van der Waals surface area contributed by atoms with Crippen LogP contribution in [0.15, 0.2) is 34.0 Å². The van der Waals surface area contributed by atoms with Crippen molar-refractivity contribution < 1.29 is 19.1 Å². The van der Waals surface area contributed by atoms with Crippen molar-refractivity contribution in [1.29, 1.82) is 0 Å². The number of piperazine rings is 1. The minimum atomic E-state index is -0.328. The van der Waals surface area contributed by atoms with Gasteiger partial charge in [0.1, 0.15) is 4.32 Å². The van der Waals surface area contributed by atoms with Crippen molar-refractivity contribution in [3.05, 3.63) is 45.1 Å². The van der Waals surface area contributed by atoms with E-state index in [1.165, 1.54) is 11.8 Å². The van der Waals surface area contributed by atoms with Gasteiger partial charge in [-0.25, -0.2) is 4.79 Å². The zero-order valence-corrected chi connectivity index (χ0v) is 23.0. The third-order valence-corrected chi connectivity index (χ3v) is 7.88. The molecule has 0 radical (unpaired) electrons. The van der Waals surface area contributed by atoms with Crippen LogP contribution in [0.5, 0.6) is 0 Å². The standard InChI is InChI=1S/C26H32N4O5S2/c1-4-29-20-10-7-6-9-18(20)22(27-12-14-28(15-13-27)25(33)35-5-2)19(23(29)31)17-21-24(32)30(26(36)37-21)11-8-16-34-3/h6-7,9-10,17H,4-5,8,11-16H2,1-3H3. The number of hydrogen-bond acceptors (Lipinski definition) is 8. The van der Waals surface area contributed by atoms with Crippen LogP contribution in [0.2, 0.25) is 0 Å². The molecule has 0 N–H and O–H groups in total. The number of benzene rings is 1. The molecule has 4 rings (SSSR count). The third kappa shape index (κ3) is 5.53. The van der Waals surface area contributed by atoms with Gasteiger partial charge >= 0.3 is 6.09 Å². The van der Waals surface area contributed by atoms with Gasteiger partial charge in [0.25, 0.3) is 11.5 Å². The molecule has 0 aliphatic carbocycles. The van der Waals surface area contributed by atoms with Gasteiger partial charge in [-0.1, -0.05) is 42.2 Å². The fourth-order valence-electron chi connectivity index (χ4n) is 4.71. The summed E-state index contributed by atoms with van der Waals surface area (Å²) in [5, 5.41) is 0.926. The number of ether oxygens (including phenoxy) is 2. The fraction of sp³-hybridized carbons (Fsp3) is 0.462. The lowest BCUT2D eigenvalue weighted by atomic mass is 10.0. The molecule has 0 atom stereocenters. The number of hydrogen-bond donors (Lipinski definition) is 0. The van der Waals surface area contributed by atoms with Crippen LogP contribution in [0.4, 0.5) is 10.5 Å². The molecule has 2 aromatic rings. The second kappa shape index (κ2) is 12.1. The Kier molecular flexibility index (Phi) is 8.88. The van der Waals surface area contributed by atoms with Crippen LogP contribution in [-0.2, 0) is 20.8 Å². The Labute approximate surface area is 226 Å². The molecule has 2 saturated heterocycles. The number of rotatable bonds is 8. The van der Waals surface area contributed by atoms with E-state index in [0.29, 0.717) is 73.7 Å². The fourth-order valence-corrected chi connectivity index (χ4v) is 6.00. The highest BCUT2D eigenvalue weighted by Crippen LogP contribution is 2.36. The van der Waals surface area contributed by atoms with Crippen LogP contribution < -0.4 is 10.5 Å². The molecule has 9 nitrogen and oxygen atoms in total. The van der Waals surface area contributed by atoms with E-state index in [2.05, 4.69) is 4.90 Å². The summed E-state index contributed by atoms with van der Waals surface area (Å²) in [7, 11) is 1.62. The van der Waals surface area contributed by atoms with Gasteiger partial charge in [0, 0.05) is 58.4 Å². The van der Waals surface area contributed by atoms with Crippen molar-refractivity contribution >= 4 is 63.0 Å². The number of para-hydroxylation sites is 1. The second-order valence-corrected chi connectivity index (χ2v) is 10.4. The number of thioether (sulfide) groups is 1. The number of thiocarbonyl (C=S) groups is 1. The largest absolute Gasteiger partial charge is 0.450 e. The lowest BCUT2D eigenvalue weighted by Gasteiger charge is -2.37. The van der Waals surface area contributed by atoms with Crippen molar-refractivity contribution in [2.75, 3.05) is 57.9 Å². The van der Waals surface area contributed by atoms with Gasteiger partial charge in [0.2, 0.25) is 0 Å². The number of carbonyl (C=O) groups is 2. The lowest BCUT2D eigenvalue weighted by Crippen LogP contribution is -2.49. The summed E-state index contributed by atoms with van der Waals surface area (Å²) in [4.78, 5) is 45.1. The van der Waals surface area contributed by atoms with E-state index in [4.69, 9.17) is 21.7 Å². The number of fused-ring (bicyclic) bond motifs is 1. The Balaban J connectivity index is 1.77. The minimum absolute atomic E-state index is 0.159. The molecule has 3 heterocycles. The SMILES string of the molecule is CCOC(=O)N1CCN(c2c(C=C3SC(=S)N(CCCOC)C3=O)c(=O)n(CC)c3ccccc23)CC1. The smallest absolute Gasteiger partial charge is 0.409 e. The molecule has 11 heteroatoms. The summed E-state index contributed by atoms with van der Waals surface area (Å²) in [5.41, 5.74) is 1.91. The van der Waals surface area contributed by atoms with E-state index in [1.54, 1.807) is 34.5 Å². The molecule has 0 bridgehead atoms. The summed E-state index contributed by atoms with van der Waals surface area (Å²) in [6.45, 7) is 7.58. The summed E-state index contributed by atoms with van der Waals surface area (Å²) in [6, 6.07) is 7.81. The maximum atomic E-state index is 13.8. The number of amides is 2. The number of anilines is 1. The van der Waals surface area contributed by atoms with Crippen LogP contribution >= 0.6 is 24.0 Å². The van der Waals surface area contributed by atoms with Crippen LogP contribution in [0.1, 0.15) is 25.8 Å². The average Bonchev–Trinajstić information content (AvgIpc) is 3.17. The first-order chi connectivity index (χ1) is 17.9. The van der Waals surface area contributed by atoms with E-state index in [0.717, 1.165) is 16.6 Å². The Morgan fingerprint density at radius 3 is 2.54 bits per heavy atom. The topological polar surface area (TPSA) is 84.3 Å². The lowest BCUT2D eigenvalue weighted by molar-refractivity contribution is -0.122. The predicted octanol–water partition coefficient (Wildman–Crippen LogP) is 3.54. The normalized spacial score (nSPS) is 17.4. The highest BCUT2D eigenvalue weighted by atomic mass is 32.2. The molecule has 37 heavy (non-hydrogen) atoms. The number of aryl methyl sites for hydroxylation is 1. The Bertz CT molecular complexity index is 1280. The average molecular weight is 545 g/mol. The summed E-state index contributed by atoms with van der Waals surface area (Å²) in [5.74, 6) is -0.195. The quantitative estimate of drug-likeness (QED) is 0.284. The molecular weight excluding hydrogens is 512 g/mol. The molecule has 0 unspecified atom stereocenters. The van der Waals surface area contributed by atoms with Crippen LogP contribution in [0.3, 0.4) is 0 Å². The van der Waals surface area contributed by atoms with Crippen molar-refractivity contribution in [2.45, 2.75) is 26.8 Å². The first kappa shape index (κ1) is 27.2. The molecule has 198 valence electrons.